The van der Waals surface area contributed by atoms with Crippen molar-refractivity contribution in [3.8, 4) is 17.2 Å². The van der Waals surface area contributed by atoms with Gasteiger partial charge in [0, 0.05) is 24.7 Å². The van der Waals surface area contributed by atoms with Crippen LogP contribution in [-0.4, -0.2) is 36.8 Å². The molecule has 4 heteroatoms. The zero-order valence-corrected chi connectivity index (χ0v) is 14.8. The van der Waals surface area contributed by atoms with Gasteiger partial charge in [0.25, 0.3) is 0 Å². The molecule has 0 saturated heterocycles. The second-order valence-electron chi connectivity index (χ2n) is 6.31. The predicted molar refractivity (Wildman–Crippen MR) is 100 cm³/mol. The maximum absolute atomic E-state index is 9.75. The highest BCUT2D eigenvalue weighted by Gasteiger charge is 2.28. The van der Waals surface area contributed by atoms with E-state index >= 15 is 0 Å². The number of phenolic OH excluding ortho intramolecular Hbond substituents is 1. The molecule has 3 rings (SSSR count). The van der Waals surface area contributed by atoms with E-state index in [1.807, 2.05) is 30.3 Å². The van der Waals surface area contributed by atoms with Gasteiger partial charge in [-0.1, -0.05) is 36.4 Å². The molecular weight excluding hydrogens is 314 g/mol. The van der Waals surface area contributed by atoms with Gasteiger partial charge in [0.15, 0.2) is 11.5 Å². The number of methoxy groups -OCH3 is 2. The van der Waals surface area contributed by atoms with Gasteiger partial charge in [-0.05, 0) is 36.6 Å². The molecule has 4 nitrogen and oxygen atoms in total. The lowest BCUT2D eigenvalue weighted by atomic mass is 10.1. The molecule has 0 heterocycles. The van der Waals surface area contributed by atoms with Crippen LogP contribution in [0.3, 0.4) is 0 Å². The third-order valence-corrected chi connectivity index (χ3v) is 4.47. The number of aromatic hydroxyl groups is 1. The lowest BCUT2D eigenvalue weighted by Crippen LogP contribution is -2.25. The van der Waals surface area contributed by atoms with Gasteiger partial charge in [0.1, 0.15) is 5.75 Å². The first-order valence-electron chi connectivity index (χ1n) is 8.60. The lowest BCUT2D eigenvalue weighted by Gasteiger charge is -2.20. The molecule has 1 N–H and O–H groups in total. The van der Waals surface area contributed by atoms with Gasteiger partial charge in [0.05, 0.1) is 14.2 Å². The molecule has 0 radical (unpaired) electrons. The average Bonchev–Trinajstić information content (AvgIpc) is 3.48. The molecule has 1 aliphatic rings. The molecule has 1 saturated carbocycles. The van der Waals surface area contributed by atoms with Crippen molar-refractivity contribution in [3.63, 3.8) is 0 Å². The number of ether oxygens (including phenoxy) is 2. The van der Waals surface area contributed by atoms with Crippen LogP contribution in [0.2, 0.25) is 0 Å². The molecule has 0 aliphatic heterocycles. The van der Waals surface area contributed by atoms with Gasteiger partial charge in [-0.2, -0.15) is 0 Å². The smallest absolute Gasteiger partial charge is 0.160 e. The normalized spacial score (nSPS) is 14.2. The Morgan fingerprint density at radius 1 is 1.08 bits per heavy atom. The topological polar surface area (TPSA) is 41.9 Å². The Morgan fingerprint density at radius 3 is 2.56 bits per heavy atom. The van der Waals surface area contributed by atoms with E-state index in [1.165, 1.54) is 12.8 Å². The van der Waals surface area contributed by atoms with Crippen LogP contribution >= 0.6 is 0 Å². The third kappa shape index (κ3) is 4.54. The van der Waals surface area contributed by atoms with E-state index in [2.05, 4.69) is 23.1 Å². The lowest BCUT2D eigenvalue weighted by molar-refractivity contribution is 0.283. The summed E-state index contributed by atoms with van der Waals surface area (Å²) in [7, 11) is 3.27. The maximum Gasteiger partial charge on any atom is 0.160 e. The second-order valence-corrected chi connectivity index (χ2v) is 6.31. The van der Waals surface area contributed by atoms with Crippen LogP contribution in [0.5, 0.6) is 17.2 Å². The Hall–Kier alpha value is -2.46. The number of hydrogen-bond donors (Lipinski definition) is 1. The van der Waals surface area contributed by atoms with Crippen molar-refractivity contribution >= 4 is 6.08 Å². The Balaban J connectivity index is 1.67. The largest absolute Gasteiger partial charge is 0.504 e. The molecule has 132 valence electrons. The van der Waals surface area contributed by atoms with Gasteiger partial charge in [-0.3, -0.25) is 4.90 Å². The Kier molecular flexibility index (Phi) is 5.61. The van der Waals surface area contributed by atoms with Gasteiger partial charge < -0.3 is 14.6 Å². The van der Waals surface area contributed by atoms with Crippen LogP contribution in [0.1, 0.15) is 24.0 Å². The van der Waals surface area contributed by atoms with Crippen molar-refractivity contribution in [1.82, 2.24) is 4.90 Å². The fourth-order valence-corrected chi connectivity index (χ4v) is 2.96. The minimum absolute atomic E-state index is 0.181. The number of phenols is 1. The first-order chi connectivity index (χ1) is 12.2. The first kappa shape index (κ1) is 17.4. The van der Waals surface area contributed by atoms with Crippen molar-refractivity contribution in [2.24, 2.45) is 0 Å². The Bertz CT molecular complexity index is 738. The molecule has 0 unspecified atom stereocenters. The van der Waals surface area contributed by atoms with Crippen molar-refractivity contribution in [2.45, 2.75) is 25.4 Å². The highest BCUT2D eigenvalue weighted by molar-refractivity contribution is 5.57. The minimum Gasteiger partial charge on any atom is -0.504 e. The van der Waals surface area contributed by atoms with E-state index in [9.17, 15) is 5.11 Å². The number of benzene rings is 2. The van der Waals surface area contributed by atoms with Crippen LogP contribution in [0.25, 0.3) is 6.08 Å². The van der Waals surface area contributed by atoms with Crippen molar-refractivity contribution < 1.29 is 14.6 Å². The first-order valence-corrected chi connectivity index (χ1v) is 8.60. The van der Waals surface area contributed by atoms with Gasteiger partial charge in [-0.15, -0.1) is 0 Å². The zero-order valence-electron chi connectivity index (χ0n) is 14.8. The van der Waals surface area contributed by atoms with Crippen LogP contribution in [0.15, 0.2) is 48.5 Å². The second kappa shape index (κ2) is 8.08. The maximum atomic E-state index is 9.75. The molecule has 0 atom stereocenters. The zero-order chi connectivity index (χ0) is 17.6. The fraction of sp³-hybridized carbons (Fsp3) is 0.333. The van der Waals surface area contributed by atoms with Crippen LogP contribution in [0, 0.1) is 0 Å². The average molecular weight is 339 g/mol. The summed E-state index contributed by atoms with van der Waals surface area (Å²) in [4.78, 5) is 2.46. The summed E-state index contributed by atoms with van der Waals surface area (Å²) in [5.74, 6) is 1.60. The summed E-state index contributed by atoms with van der Waals surface area (Å²) >= 11 is 0. The summed E-state index contributed by atoms with van der Waals surface area (Å²) in [5, 5.41) is 9.75. The summed E-state index contributed by atoms with van der Waals surface area (Å²) in [5.41, 5.74) is 2.24. The SMILES string of the molecule is COc1cc(CN(C/C=C/c2ccccc2OC)C2CC2)ccc1O. The highest BCUT2D eigenvalue weighted by atomic mass is 16.5. The summed E-state index contributed by atoms with van der Waals surface area (Å²) in [6.07, 6.45) is 6.80. The van der Waals surface area contributed by atoms with Crippen molar-refractivity contribution in [2.75, 3.05) is 20.8 Å². The Morgan fingerprint density at radius 2 is 1.84 bits per heavy atom. The van der Waals surface area contributed by atoms with Crippen LogP contribution in [0.4, 0.5) is 0 Å². The highest BCUT2D eigenvalue weighted by Crippen LogP contribution is 2.31. The molecule has 0 spiro atoms. The summed E-state index contributed by atoms with van der Waals surface area (Å²) in [6.45, 7) is 1.73. The number of para-hydroxylation sites is 1. The third-order valence-electron chi connectivity index (χ3n) is 4.47. The van der Waals surface area contributed by atoms with E-state index in [-0.39, 0.29) is 5.75 Å². The van der Waals surface area contributed by atoms with Crippen molar-refractivity contribution in [1.29, 1.82) is 0 Å². The molecule has 0 aromatic heterocycles. The van der Waals surface area contributed by atoms with E-state index in [0.717, 1.165) is 30.0 Å². The number of rotatable bonds is 8. The standard InChI is InChI=1S/C21H25NO3/c1-24-20-8-4-3-6-17(20)7-5-13-22(18-10-11-18)15-16-9-12-19(23)21(14-16)25-2/h3-9,12,14,18,23H,10-11,13,15H2,1-2H3/b7-5+. The van der Waals surface area contributed by atoms with Crippen LogP contribution in [-0.2, 0) is 6.54 Å². The molecule has 0 bridgehead atoms. The van der Waals surface area contributed by atoms with Gasteiger partial charge in [0.2, 0.25) is 0 Å². The van der Waals surface area contributed by atoms with Gasteiger partial charge >= 0.3 is 0 Å². The molecule has 2 aromatic carbocycles. The quantitative estimate of drug-likeness (QED) is 0.787. The molecule has 1 aliphatic carbocycles. The molecule has 1 fully saturated rings. The number of nitrogens with zero attached hydrogens (tertiary/aromatic N) is 1. The van der Waals surface area contributed by atoms with Gasteiger partial charge in [-0.25, -0.2) is 0 Å². The molecular formula is C21H25NO3. The molecule has 0 amide bonds. The number of hydrogen-bond acceptors (Lipinski definition) is 4. The monoisotopic (exact) mass is 339 g/mol. The fourth-order valence-electron chi connectivity index (χ4n) is 2.96. The minimum atomic E-state index is 0.181. The van der Waals surface area contributed by atoms with E-state index in [1.54, 1.807) is 20.3 Å². The predicted octanol–water partition coefficient (Wildman–Crippen LogP) is 4.09. The molecule has 2 aromatic rings. The summed E-state index contributed by atoms with van der Waals surface area (Å²) < 4.78 is 10.6. The molecule has 25 heavy (non-hydrogen) atoms. The summed E-state index contributed by atoms with van der Waals surface area (Å²) in [6, 6.07) is 14.2. The van der Waals surface area contributed by atoms with E-state index in [0.29, 0.717) is 11.8 Å². The van der Waals surface area contributed by atoms with Crippen molar-refractivity contribution in [3.05, 3.63) is 59.7 Å². The van der Waals surface area contributed by atoms with E-state index in [4.69, 9.17) is 9.47 Å². The van der Waals surface area contributed by atoms with E-state index < -0.39 is 0 Å². The Labute approximate surface area is 149 Å². The van der Waals surface area contributed by atoms with Crippen LogP contribution < -0.4 is 9.47 Å².